The molecule has 2 aromatic heterocycles. The largest absolute Gasteiger partial charge is 0.296 e. The summed E-state index contributed by atoms with van der Waals surface area (Å²) in [6.07, 6.45) is 5.07. The van der Waals surface area contributed by atoms with Crippen LogP contribution in [-0.2, 0) is 16.6 Å². The molecule has 1 fully saturated rings. The molecule has 8 heteroatoms. The minimum atomic E-state index is -3.53. The molecule has 162 valence electrons. The molecule has 4 rings (SSSR count). The third kappa shape index (κ3) is 5.51. The number of benzene rings is 1. The van der Waals surface area contributed by atoms with Crippen molar-refractivity contribution in [3.63, 3.8) is 0 Å². The third-order valence-electron chi connectivity index (χ3n) is 5.38. The first-order valence-electron chi connectivity index (χ1n) is 10.3. The van der Waals surface area contributed by atoms with Crippen LogP contribution in [0.15, 0.2) is 83.1 Å². The van der Waals surface area contributed by atoms with E-state index >= 15 is 0 Å². The maximum absolute atomic E-state index is 13.1. The Labute approximate surface area is 188 Å². The zero-order chi connectivity index (χ0) is 21.7. The van der Waals surface area contributed by atoms with Crippen LogP contribution in [0, 0.1) is 0 Å². The van der Waals surface area contributed by atoms with Gasteiger partial charge < -0.3 is 0 Å². The predicted molar refractivity (Wildman–Crippen MR) is 123 cm³/mol. The number of hydrogen-bond donors (Lipinski definition) is 0. The Hall–Kier alpha value is -2.26. The van der Waals surface area contributed by atoms with Crippen LogP contribution in [0.1, 0.15) is 23.3 Å². The molecule has 1 saturated heterocycles. The molecule has 0 aliphatic carbocycles. The van der Waals surface area contributed by atoms with Crippen molar-refractivity contribution in [1.82, 2.24) is 19.2 Å². The number of rotatable bonds is 7. The van der Waals surface area contributed by atoms with Crippen molar-refractivity contribution in [2.75, 3.05) is 26.2 Å². The van der Waals surface area contributed by atoms with E-state index in [0.29, 0.717) is 13.1 Å². The first kappa shape index (κ1) is 22.0. The number of aromatic nitrogens is 2. The molecular formula is C23H26N4O2S2. The highest BCUT2D eigenvalue weighted by Gasteiger charge is 2.28. The van der Waals surface area contributed by atoms with Gasteiger partial charge >= 0.3 is 0 Å². The average Bonchev–Trinajstić information content (AvgIpc) is 2.81. The standard InChI is InChI=1S/C23H26N4O2S2/c1-19(21-8-5-11-24-16-21)30-23-10-9-22(17-25-23)31(28,29)27-14-12-26(13-15-27)18-20-6-3-2-4-7-20/h2-11,16-17,19H,12-15,18H2,1H3. The lowest BCUT2D eigenvalue weighted by Crippen LogP contribution is -2.48. The van der Waals surface area contributed by atoms with Gasteiger partial charge in [-0.25, -0.2) is 13.4 Å². The maximum atomic E-state index is 13.1. The van der Waals surface area contributed by atoms with Gasteiger partial charge in [-0.2, -0.15) is 4.31 Å². The number of piperazine rings is 1. The van der Waals surface area contributed by atoms with E-state index in [1.807, 2.05) is 36.5 Å². The Morgan fingerprint density at radius 1 is 0.968 bits per heavy atom. The van der Waals surface area contributed by atoms with Crippen LogP contribution >= 0.6 is 11.8 Å². The summed E-state index contributed by atoms with van der Waals surface area (Å²) in [5, 5.41) is 0.976. The Morgan fingerprint density at radius 2 is 1.74 bits per heavy atom. The second-order valence-electron chi connectivity index (χ2n) is 7.54. The summed E-state index contributed by atoms with van der Waals surface area (Å²) in [4.78, 5) is 11.1. The summed E-state index contributed by atoms with van der Waals surface area (Å²) >= 11 is 1.59. The van der Waals surface area contributed by atoms with Crippen LogP contribution in [0.3, 0.4) is 0 Å². The molecule has 0 bridgehead atoms. The number of nitrogens with zero attached hydrogens (tertiary/aromatic N) is 4. The molecule has 3 aromatic rings. The molecule has 1 aliphatic heterocycles. The molecule has 1 aliphatic rings. The first-order valence-corrected chi connectivity index (χ1v) is 12.6. The van der Waals surface area contributed by atoms with Crippen LogP contribution < -0.4 is 0 Å². The van der Waals surface area contributed by atoms with Gasteiger partial charge in [-0.05, 0) is 36.2 Å². The van der Waals surface area contributed by atoms with E-state index < -0.39 is 10.0 Å². The lowest BCUT2D eigenvalue weighted by atomic mass is 10.2. The van der Waals surface area contributed by atoms with Crippen molar-refractivity contribution in [3.05, 3.63) is 84.3 Å². The molecule has 0 saturated carbocycles. The average molecular weight is 455 g/mol. The third-order valence-corrected chi connectivity index (χ3v) is 8.37. The quantitative estimate of drug-likeness (QED) is 0.506. The van der Waals surface area contributed by atoms with E-state index in [1.165, 1.54) is 11.8 Å². The van der Waals surface area contributed by atoms with E-state index in [1.54, 1.807) is 34.4 Å². The van der Waals surface area contributed by atoms with Gasteiger partial charge in [-0.1, -0.05) is 48.2 Å². The summed E-state index contributed by atoms with van der Waals surface area (Å²) in [5.41, 5.74) is 2.36. The van der Waals surface area contributed by atoms with Gasteiger partial charge in [0.05, 0.1) is 5.03 Å². The summed E-state index contributed by atoms with van der Waals surface area (Å²) in [6.45, 7) is 5.35. The Bertz CT molecular complexity index is 1070. The van der Waals surface area contributed by atoms with E-state index in [2.05, 4.69) is 33.9 Å². The highest BCUT2D eigenvalue weighted by atomic mass is 32.2. The molecular weight excluding hydrogens is 428 g/mol. The fraction of sp³-hybridized carbons (Fsp3) is 0.304. The highest BCUT2D eigenvalue weighted by Crippen LogP contribution is 2.33. The summed E-state index contributed by atoms with van der Waals surface area (Å²) in [5.74, 6) is 0. The molecule has 0 spiro atoms. The van der Waals surface area contributed by atoms with Crippen molar-refractivity contribution in [3.8, 4) is 0 Å². The molecule has 0 amide bonds. The minimum absolute atomic E-state index is 0.182. The normalized spacial score (nSPS) is 16.8. The Kier molecular flexibility index (Phi) is 7.02. The summed E-state index contributed by atoms with van der Waals surface area (Å²) in [7, 11) is -3.53. The molecule has 6 nitrogen and oxygen atoms in total. The summed E-state index contributed by atoms with van der Waals surface area (Å²) in [6, 6.07) is 17.7. The van der Waals surface area contributed by atoms with Gasteiger partial charge in [0.2, 0.25) is 10.0 Å². The van der Waals surface area contributed by atoms with E-state index in [0.717, 1.165) is 30.2 Å². The Balaban J connectivity index is 1.35. The van der Waals surface area contributed by atoms with Crippen molar-refractivity contribution in [2.45, 2.75) is 28.6 Å². The second-order valence-corrected chi connectivity index (χ2v) is 10.8. The number of thioether (sulfide) groups is 1. The van der Waals surface area contributed by atoms with Crippen LogP contribution in [0.2, 0.25) is 0 Å². The monoisotopic (exact) mass is 454 g/mol. The number of sulfonamides is 1. The van der Waals surface area contributed by atoms with E-state index in [4.69, 9.17) is 0 Å². The minimum Gasteiger partial charge on any atom is -0.296 e. The Morgan fingerprint density at radius 3 is 2.39 bits per heavy atom. The zero-order valence-electron chi connectivity index (χ0n) is 17.5. The van der Waals surface area contributed by atoms with Crippen molar-refractivity contribution >= 4 is 21.8 Å². The fourth-order valence-electron chi connectivity index (χ4n) is 3.57. The maximum Gasteiger partial charge on any atom is 0.244 e. The molecule has 1 aromatic carbocycles. The molecule has 31 heavy (non-hydrogen) atoms. The molecule has 0 radical (unpaired) electrons. The smallest absolute Gasteiger partial charge is 0.244 e. The number of hydrogen-bond acceptors (Lipinski definition) is 6. The fourth-order valence-corrected chi connectivity index (χ4v) is 5.84. The van der Waals surface area contributed by atoms with Gasteiger partial charge in [0.1, 0.15) is 4.90 Å². The molecule has 1 atom stereocenters. The van der Waals surface area contributed by atoms with E-state index in [9.17, 15) is 8.42 Å². The predicted octanol–water partition coefficient (Wildman–Crippen LogP) is 3.84. The highest BCUT2D eigenvalue weighted by molar-refractivity contribution is 7.99. The molecule has 3 heterocycles. The van der Waals surface area contributed by atoms with E-state index in [-0.39, 0.29) is 10.1 Å². The lowest BCUT2D eigenvalue weighted by Gasteiger charge is -2.33. The van der Waals surface area contributed by atoms with Gasteiger partial charge in [-0.15, -0.1) is 0 Å². The van der Waals surface area contributed by atoms with Gasteiger partial charge in [0.25, 0.3) is 0 Å². The lowest BCUT2D eigenvalue weighted by molar-refractivity contribution is 0.181. The van der Waals surface area contributed by atoms with Gasteiger partial charge in [0.15, 0.2) is 0 Å². The van der Waals surface area contributed by atoms with Crippen LogP contribution in [0.4, 0.5) is 0 Å². The van der Waals surface area contributed by atoms with Crippen molar-refractivity contribution in [1.29, 1.82) is 0 Å². The van der Waals surface area contributed by atoms with Gasteiger partial charge in [0, 0.05) is 56.6 Å². The van der Waals surface area contributed by atoms with Gasteiger partial charge in [-0.3, -0.25) is 9.88 Å². The molecule has 0 N–H and O–H groups in total. The van der Waals surface area contributed by atoms with Crippen LogP contribution in [0.25, 0.3) is 0 Å². The second kappa shape index (κ2) is 9.91. The SMILES string of the molecule is CC(Sc1ccc(S(=O)(=O)N2CCN(Cc3ccccc3)CC2)cn1)c1cccnc1. The number of pyridine rings is 2. The van der Waals surface area contributed by atoms with Crippen LogP contribution in [0.5, 0.6) is 0 Å². The zero-order valence-corrected chi connectivity index (χ0v) is 19.1. The summed E-state index contributed by atoms with van der Waals surface area (Å²) < 4.78 is 27.7. The molecule has 1 unspecified atom stereocenters. The topological polar surface area (TPSA) is 66.4 Å². The van der Waals surface area contributed by atoms with Crippen molar-refractivity contribution in [2.24, 2.45) is 0 Å². The van der Waals surface area contributed by atoms with Crippen molar-refractivity contribution < 1.29 is 8.42 Å². The first-order chi connectivity index (χ1) is 15.0. The van der Waals surface area contributed by atoms with Crippen LogP contribution in [-0.4, -0.2) is 53.8 Å².